The Morgan fingerprint density at radius 1 is 1.37 bits per heavy atom. The number of fused-ring (bicyclic) bond motifs is 3. The van der Waals surface area contributed by atoms with Crippen molar-refractivity contribution in [2.75, 3.05) is 5.32 Å². The van der Waals surface area contributed by atoms with E-state index in [1.54, 1.807) is 28.8 Å². The van der Waals surface area contributed by atoms with Gasteiger partial charge >= 0.3 is 5.97 Å². The smallest absolute Gasteiger partial charge is 0.356 e. The van der Waals surface area contributed by atoms with Gasteiger partial charge in [-0.15, -0.1) is 0 Å². The van der Waals surface area contributed by atoms with Crippen molar-refractivity contribution in [2.24, 2.45) is 0 Å². The van der Waals surface area contributed by atoms with Crippen LogP contribution in [-0.4, -0.2) is 20.6 Å². The second kappa shape index (κ2) is 7.42. The molecular formula is C21H15BrClFN4O2. The summed E-state index contributed by atoms with van der Waals surface area (Å²) in [5.74, 6) is -1.84. The number of nitrogens with one attached hydrogen (secondary N) is 1. The summed E-state index contributed by atoms with van der Waals surface area (Å²) in [6.45, 7) is 3.80. The molecule has 0 spiro atoms. The van der Waals surface area contributed by atoms with Crippen molar-refractivity contribution < 1.29 is 14.3 Å². The summed E-state index contributed by atoms with van der Waals surface area (Å²) in [5.41, 5.74) is 2.68. The number of benzene rings is 2. The van der Waals surface area contributed by atoms with Crippen molar-refractivity contribution in [2.45, 2.75) is 25.9 Å². The predicted molar refractivity (Wildman–Crippen MR) is 114 cm³/mol. The monoisotopic (exact) mass is 488 g/mol. The van der Waals surface area contributed by atoms with Gasteiger partial charge in [0.05, 0.1) is 34.1 Å². The molecule has 30 heavy (non-hydrogen) atoms. The first-order valence-corrected chi connectivity index (χ1v) is 10.2. The lowest BCUT2D eigenvalue weighted by atomic mass is 9.86. The fourth-order valence-corrected chi connectivity index (χ4v) is 4.74. The molecule has 1 unspecified atom stereocenters. The highest BCUT2D eigenvalue weighted by Gasteiger charge is 2.35. The Balaban J connectivity index is 2.06. The van der Waals surface area contributed by atoms with E-state index in [2.05, 4.69) is 32.3 Å². The molecule has 9 heteroatoms. The average Bonchev–Trinajstić information content (AvgIpc) is 3.07. The summed E-state index contributed by atoms with van der Waals surface area (Å²) >= 11 is 9.35. The Morgan fingerprint density at radius 2 is 2.10 bits per heavy atom. The van der Waals surface area contributed by atoms with E-state index < -0.39 is 17.8 Å². The number of carboxylic acids is 1. The first-order chi connectivity index (χ1) is 14.2. The van der Waals surface area contributed by atoms with Gasteiger partial charge in [0.25, 0.3) is 0 Å². The number of carbonyl (C=O) groups is 1. The Bertz CT molecular complexity index is 1250. The molecule has 152 valence electrons. The molecule has 2 heterocycles. The van der Waals surface area contributed by atoms with Crippen LogP contribution in [0.2, 0.25) is 5.02 Å². The van der Waals surface area contributed by atoms with Gasteiger partial charge in [-0.2, -0.15) is 5.26 Å². The van der Waals surface area contributed by atoms with Gasteiger partial charge in [0.15, 0.2) is 16.2 Å². The van der Waals surface area contributed by atoms with Crippen LogP contribution in [0.25, 0.3) is 11.1 Å². The number of hydrogen-bond acceptors (Lipinski definition) is 4. The molecule has 1 aliphatic rings. The predicted octanol–water partition coefficient (Wildman–Crippen LogP) is 5.77. The van der Waals surface area contributed by atoms with Gasteiger partial charge in [-0.3, -0.25) is 0 Å². The van der Waals surface area contributed by atoms with Gasteiger partial charge in [0.1, 0.15) is 0 Å². The van der Waals surface area contributed by atoms with Crippen molar-refractivity contribution in [1.29, 1.82) is 5.26 Å². The maximum Gasteiger partial charge on any atom is 0.356 e. The molecule has 0 fully saturated rings. The van der Waals surface area contributed by atoms with Crippen molar-refractivity contribution in [3.63, 3.8) is 0 Å². The third-order valence-electron chi connectivity index (χ3n) is 5.06. The number of aromatic nitrogens is 2. The van der Waals surface area contributed by atoms with Crippen LogP contribution >= 0.6 is 27.5 Å². The molecular weight excluding hydrogens is 475 g/mol. The summed E-state index contributed by atoms with van der Waals surface area (Å²) in [5, 5.41) is 22.2. The van der Waals surface area contributed by atoms with Gasteiger partial charge < -0.3 is 15.0 Å². The highest BCUT2D eigenvalue weighted by molar-refractivity contribution is 9.10. The van der Waals surface area contributed by atoms with Crippen molar-refractivity contribution in [3.8, 4) is 17.2 Å². The highest BCUT2D eigenvalue weighted by atomic mass is 79.9. The minimum atomic E-state index is -1.19. The molecule has 1 atom stereocenters. The number of halogens is 3. The zero-order valence-electron chi connectivity index (χ0n) is 15.9. The number of nitrogens with zero attached hydrogens (tertiary/aromatic N) is 3. The van der Waals surface area contributed by atoms with Gasteiger partial charge in [0.2, 0.25) is 0 Å². The lowest BCUT2D eigenvalue weighted by molar-refractivity contribution is 0.0689. The number of rotatable bonds is 3. The molecule has 0 bridgehead atoms. The standard InChI is InChI=1S/C21H15BrClFN4O2/c1-9(2)28-19(18(20(29)30)27-21(28)22)17-12-4-3-10(8-25)7-13(12)11-5-6-14(23)15(24)16(11)26-17/h3-7,9,17,26H,1-2H3,(H,29,30). The Hall–Kier alpha value is -2.89. The number of imidazole rings is 1. The normalized spacial score (nSPS) is 14.6. The fourth-order valence-electron chi connectivity index (χ4n) is 3.81. The quantitative estimate of drug-likeness (QED) is 0.487. The number of aromatic carboxylic acids is 1. The minimum Gasteiger partial charge on any atom is -0.476 e. The van der Waals surface area contributed by atoms with Crippen LogP contribution in [0.4, 0.5) is 10.1 Å². The van der Waals surface area contributed by atoms with Crippen LogP contribution in [0.5, 0.6) is 0 Å². The van der Waals surface area contributed by atoms with E-state index in [1.165, 1.54) is 6.07 Å². The van der Waals surface area contributed by atoms with E-state index in [-0.39, 0.29) is 22.4 Å². The van der Waals surface area contributed by atoms with E-state index >= 15 is 0 Å². The number of anilines is 1. The molecule has 0 radical (unpaired) electrons. The molecule has 0 saturated carbocycles. The molecule has 1 aromatic heterocycles. The van der Waals surface area contributed by atoms with Gasteiger partial charge in [-0.25, -0.2) is 14.2 Å². The third-order valence-corrected chi connectivity index (χ3v) is 5.92. The van der Waals surface area contributed by atoms with Crippen LogP contribution < -0.4 is 5.32 Å². The van der Waals surface area contributed by atoms with E-state index in [9.17, 15) is 19.6 Å². The van der Waals surface area contributed by atoms with Crippen LogP contribution in [-0.2, 0) is 0 Å². The van der Waals surface area contributed by atoms with Crippen LogP contribution in [0.15, 0.2) is 35.1 Å². The van der Waals surface area contributed by atoms with Crippen molar-refractivity contribution in [1.82, 2.24) is 9.55 Å². The SMILES string of the molecule is CC(C)n1c(Br)nc(C(=O)O)c1C1Nc2c(ccc(Cl)c2F)-c2cc(C#N)ccc21. The maximum atomic E-state index is 15.0. The fraction of sp³-hybridized carbons (Fsp3) is 0.190. The minimum absolute atomic E-state index is 0.0584. The topological polar surface area (TPSA) is 90.9 Å². The van der Waals surface area contributed by atoms with E-state index in [0.29, 0.717) is 32.7 Å². The van der Waals surface area contributed by atoms with Gasteiger partial charge in [-0.1, -0.05) is 23.7 Å². The van der Waals surface area contributed by atoms with Crippen molar-refractivity contribution >= 4 is 39.2 Å². The zero-order valence-corrected chi connectivity index (χ0v) is 18.2. The average molecular weight is 490 g/mol. The van der Waals surface area contributed by atoms with Gasteiger partial charge in [-0.05, 0) is 59.1 Å². The van der Waals surface area contributed by atoms with Crippen LogP contribution in [0, 0.1) is 17.1 Å². The summed E-state index contributed by atoms with van der Waals surface area (Å²) in [7, 11) is 0. The molecule has 0 amide bonds. The zero-order chi connectivity index (χ0) is 21.7. The molecule has 0 saturated heterocycles. The third kappa shape index (κ3) is 3.06. The van der Waals surface area contributed by atoms with Gasteiger partial charge in [0, 0.05) is 11.6 Å². The van der Waals surface area contributed by atoms with Crippen LogP contribution in [0.1, 0.15) is 53.2 Å². The number of carboxylic acid groups (broad SMARTS) is 1. The van der Waals surface area contributed by atoms with E-state index in [0.717, 1.165) is 0 Å². The van der Waals surface area contributed by atoms with Crippen molar-refractivity contribution in [3.05, 3.63) is 68.4 Å². The summed E-state index contributed by atoms with van der Waals surface area (Å²) in [6.07, 6.45) is 0. The second-order valence-corrected chi connectivity index (χ2v) is 8.28. The lowest BCUT2D eigenvalue weighted by Gasteiger charge is -2.32. The molecule has 3 aromatic rings. The summed E-state index contributed by atoms with van der Waals surface area (Å²) in [6, 6.07) is 9.45. The molecule has 2 N–H and O–H groups in total. The molecule has 0 aliphatic carbocycles. The molecule has 1 aliphatic heterocycles. The first-order valence-electron chi connectivity index (χ1n) is 9.04. The second-order valence-electron chi connectivity index (χ2n) is 7.16. The molecule has 4 rings (SSSR count). The van der Waals surface area contributed by atoms with E-state index in [1.807, 2.05) is 13.8 Å². The Labute approximate surface area is 185 Å². The summed E-state index contributed by atoms with van der Waals surface area (Å²) < 4.78 is 17.1. The highest BCUT2D eigenvalue weighted by Crippen LogP contribution is 2.47. The largest absolute Gasteiger partial charge is 0.476 e. The Morgan fingerprint density at radius 3 is 2.73 bits per heavy atom. The van der Waals surface area contributed by atoms with E-state index in [4.69, 9.17) is 11.6 Å². The number of nitriles is 1. The summed E-state index contributed by atoms with van der Waals surface area (Å²) in [4.78, 5) is 16.1. The Kier molecular flexibility index (Phi) is 5.04. The molecule has 2 aromatic carbocycles. The lowest BCUT2D eigenvalue weighted by Crippen LogP contribution is -2.25. The maximum absolute atomic E-state index is 15.0. The first kappa shape index (κ1) is 20.4. The van der Waals surface area contributed by atoms with Crippen LogP contribution in [0.3, 0.4) is 0 Å². The number of hydrogen-bond donors (Lipinski definition) is 2. The molecule has 6 nitrogen and oxygen atoms in total.